The molecule has 1 amide bonds. The minimum Gasteiger partial charge on any atom is -0.481 e. The van der Waals surface area contributed by atoms with Gasteiger partial charge in [-0.2, -0.15) is 0 Å². The lowest BCUT2D eigenvalue weighted by molar-refractivity contribution is -0.141. The van der Waals surface area contributed by atoms with Gasteiger partial charge in [0.05, 0.1) is 16.5 Å². The van der Waals surface area contributed by atoms with E-state index in [9.17, 15) is 9.59 Å². The average molecular weight is 333 g/mol. The highest BCUT2D eigenvalue weighted by molar-refractivity contribution is 6.35. The van der Waals surface area contributed by atoms with E-state index >= 15 is 0 Å². The maximum Gasteiger partial charge on any atom is 0.306 e. The molecule has 7 heteroatoms. The zero-order chi connectivity index (χ0) is 16.0. The summed E-state index contributed by atoms with van der Waals surface area (Å²) in [5, 5.41) is 12.0. The first kappa shape index (κ1) is 17.7. The lowest BCUT2D eigenvalue weighted by Gasteiger charge is -2.15. The number of carboxylic acids is 1. The number of hydrogen-bond donors (Lipinski definition) is 2. The molecule has 116 valence electrons. The predicted octanol–water partition coefficient (Wildman–Crippen LogP) is 3.40. The molecule has 0 radical (unpaired) electrons. The highest BCUT2D eigenvalue weighted by atomic mass is 35.5. The van der Waals surface area contributed by atoms with E-state index in [0.717, 1.165) is 6.42 Å². The fourth-order valence-electron chi connectivity index (χ4n) is 1.81. The molecular formula is C14H18Cl2N2O3. The normalized spacial score (nSPS) is 13.5. The Morgan fingerprint density at radius 2 is 2.00 bits per heavy atom. The van der Waals surface area contributed by atoms with Crippen LogP contribution in [0.4, 0.5) is 0 Å². The first-order valence-corrected chi connectivity index (χ1v) is 7.41. The number of carbonyl (C=O) groups is 2. The van der Waals surface area contributed by atoms with Crippen LogP contribution in [0, 0.1) is 5.92 Å². The van der Waals surface area contributed by atoms with Gasteiger partial charge in [0.25, 0.3) is 5.91 Å². The Balaban J connectivity index is 2.47. The highest BCUT2D eigenvalue weighted by Gasteiger charge is 2.15. The van der Waals surface area contributed by atoms with E-state index in [4.69, 9.17) is 28.3 Å². The van der Waals surface area contributed by atoms with Crippen LogP contribution in [0.15, 0.2) is 12.3 Å². The summed E-state index contributed by atoms with van der Waals surface area (Å²) in [5.41, 5.74) is 0.280. The largest absolute Gasteiger partial charge is 0.481 e. The highest BCUT2D eigenvalue weighted by Crippen LogP contribution is 2.18. The van der Waals surface area contributed by atoms with Crippen molar-refractivity contribution in [2.75, 3.05) is 0 Å². The van der Waals surface area contributed by atoms with Crippen molar-refractivity contribution < 1.29 is 14.7 Å². The average Bonchev–Trinajstić information content (AvgIpc) is 2.41. The molecule has 1 aromatic rings. The Bertz CT molecular complexity index is 523. The number of amides is 1. The van der Waals surface area contributed by atoms with Crippen LogP contribution in [0.2, 0.25) is 10.2 Å². The molecular weight excluding hydrogens is 315 g/mol. The molecule has 0 spiro atoms. The number of rotatable bonds is 7. The molecule has 5 nitrogen and oxygen atoms in total. The summed E-state index contributed by atoms with van der Waals surface area (Å²) in [6.45, 7) is 3.53. The van der Waals surface area contributed by atoms with Gasteiger partial charge in [-0.05, 0) is 25.8 Å². The quantitative estimate of drug-likeness (QED) is 0.750. The summed E-state index contributed by atoms with van der Waals surface area (Å²) in [4.78, 5) is 26.5. The van der Waals surface area contributed by atoms with Crippen LogP contribution < -0.4 is 5.32 Å². The number of carboxylic acid groups (broad SMARTS) is 1. The zero-order valence-electron chi connectivity index (χ0n) is 11.9. The SMILES string of the molecule is CC(CCCC(C)C(=O)O)NC(=O)c1cc(Cl)ncc1Cl. The van der Waals surface area contributed by atoms with E-state index in [1.54, 1.807) is 6.92 Å². The molecule has 0 aliphatic carbocycles. The molecule has 0 saturated carbocycles. The van der Waals surface area contributed by atoms with E-state index in [0.29, 0.717) is 12.8 Å². The van der Waals surface area contributed by atoms with Crippen LogP contribution >= 0.6 is 23.2 Å². The summed E-state index contributed by atoms with van der Waals surface area (Å²) in [7, 11) is 0. The summed E-state index contributed by atoms with van der Waals surface area (Å²) in [6, 6.07) is 1.33. The predicted molar refractivity (Wildman–Crippen MR) is 81.8 cm³/mol. The van der Waals surface area contributed by atoms with E-state index in [1.807, 2.05) is 6.92 Å². The third-order valence-electron chi connectivity index (χ3n) is 3.14. The molecule has 0 fully saturated rings. The Hall–Kier alpha value is -1.33. The van der Waals surface area contributed by atoms with Crippen molar-refractivity contribution in [3.05, 3.63) is 28.0 Å². The minimum absolute atomic E-state index is 0.0819. The van der Waals surface area contributed by atoms with Gasteiger partial charge in [-0.15, -0.1) is 0 Å². The molecule has 2 atom stereocenters. The second-order valence-electron chi connectivity index (χ2n) is 5.03. The fraction of sp³-hybridized carbons (Fsp3) is 0.500. The van der Waals surface area contributed by atoms with Gasteiger partial charge in [-0.25, -0.2) is 4.98 Å². The van der Waals surface area contributed by atoms with Crippen LogP contribution in [0.5, 0.6) is 0 Å². The van der Waals surface area contributed by atoms with Crippen molar-refractivity contribution in [1.29, 1.82) is 0 Å². The molecule has 2 N–H and O–H groups in total. The maximum absolute atomic E-state index is 12.1. The smallest absolute Gasteiger partial charge is 0.306 e. The van der Waals surface area contributed by atoms with Crippen molar-refractivity contribution in [3.63, 3.8) is 0 Å². The van der Waals surface area contributed by atoms with Gasteiger partial charge in [0, 0.05) is 12.2 Å². The standard InChI is InChI=1S/C14H18Cl2N2O3/c1-8(14(20)21)4-3-5-9(2)18-13(19)10-6-12(16)17-7-11(10)15/h6-9H,3-5H2,1-2H3,(H,18,19)(H,20,21). The summed E-state index contributed by atoms with van der Waals surface area (Å²) in [5.74, 6) is -1.49. The van der Waals surface area contributed by atoms with Crippen molar-refractivity contribution in [2.24, 2.45) is 5.92 Å². The maximum atomic E-state index is 12.1. The van der Waals surface area contributed by atoms with Gasteiger partial charge in [0.1, 0.15) is 5.15 Å². The van der Waals surface area contributed by atoms with Gasteiger partial charge in [0.2, 0.25) is 0 Å². The second kappa shape index (κ2) is 8.20. The van der Waals surface area contributed by atoms with Crippen LogP contribution in [0.3, 0.4) is 0 Å². The molecule has 0 aromatic carbocycles. The van der Waals surface area contributed by atoms with Gasteiger partial charge in [0.15, 0.2) is 0 Å². The third-order valence-corrected chi connectivity index (χ3v) is 3.65. The third kappa shape index (κ3) is 5.89. The van der Waals surface area contributed by atoms with Crippen LogP contribution in [0.25, 0.3) is 0 Å². The number of halogens is 2. The Labute approximate surface area is 133 Å². The van der Waals surface area contributed by atoms with Gasteiger partial charge >= 0.3 is 5.97 Å². The van der Waals surface area contributed by atoms with Crippen LogP contribution in [0.1, 0.15) is 43.5 Å². The topological polar surface area (TPSA) is 79.3 Å². The first-order valence-electron chi connectivity index (χ1n) is 6.66. The lowest BCUT2D eigenvalue weighted by atomic mass is 10.0. The van der Waals surface area contributed by atoms with Crippen molar-refractivity contribution in [1.82, 2.24) is 10.3 Å². The summed E-state index contributed by atoms with van der Waals surface area (Å²) in [6.07, 6.45) is 3.33. The summed E-state index contributed by atoms with van der Waals surface area (Å²) >= 11 is 11.6. The number of nitrogens with one attached hydrogen (secondary N) is 1. The molecule has 0 bridgehead atoms. The number of hydrogen-bond acceptors (Lipinski definition) is 3. The van der Waals surface area contributed by atoms with E-state index in [2.05, 4.69) is 10.3 Å². The fourth-order valence-corrected chi connectivity index (χ4v) is 2.16. The number of carbonyl (C=O) groups excluding carboxylic acids is 1. The zero-order valence-corrected chi connectivity index (χ0v) is 13.4. The van der Waals surface area contributed by atoms with Crippen LogP contribution in [-0.2, 0) is 4.79 Å². The molecule has 0 aliphatic rings. The van der Waals surface area contributed by atoms with Crippen LogP contribution in [-0.4, -0.2) is 28.0 Å². The van der Waals surface area contributed by atoms with Crippen molar-refractivity contribution in [2.45, 2.75) is 39.2 Å². The molecule has 0 aliphatic heterocycles. The van der Waals surface area contributed by atoms with Gasteiger partial charge < -0.3 is 10.4 Å². The van der Waals surface area contributed by atoms with Crippen molar-refractivity contribution in [3.8, 4) is 0 Å². The molecule has 21 heavy (non-hydrogen) atoms. The second-order valence-corrected chi connectivity index (χ2v) is 5.83. The monoisotopic (exact) mass is 332 g/mol. The molecule has 0 saturated heterocycles. The lowest BCUT2D eigenvalue weighted by Crippen LogP contribution is -2.32. The Kier molecular flexibility index (Phi) is 6.92. The van der Waals surface area contributed by atoms with Gasteiger partial charge in [-0.1, -0.05) is 36.5 Å². The molecule has 1 aromatic heterocycles. The number of nitrogens with zero attached hydrogens (tertiary/aromatic N) is 1. The van der Waals surface area contributed by atoms with E-state index in [-0.39, 0.29) is 33.6 Å². The Morgan fingerprint density at radius 3 is 2.62 bits per heavy atom. The number of aliphatic carboxylic acids is 1. The van der Waals surface area contributed by atoms with Crippen molar-refractivity contribution >= 4 is 35.1 Å². The minimum atomic E-state index is -0.801. The van der Waals surface area contributed by atoms with E-state index < -0.39 is 5.97 Å². The summed E-state index contributed by atoms with van der Waals surface area (Å²) < 4.78 is 0. The number of aromatic nitrogens is 1. The van der Waals surface area contributed by atoms with E-state index in [1.165, 1.54) is 12.3 Å². The Morgan fingerprint density at radius 1 is 1.33 bits per heavy atom. The molecule has 1 heterocycles. The first-order chi connectivity index (χ1) is 9.81. The number of pyridine rings is 1. The van der Waals surface area contributed by atoms with Gasteiger partial charge in [-0.3, -0.25) is 9.59 Å². The molecule has 2 unspecified atom stereocenters. The molecule has 1 rings (SSSR count).